The fourth-order valence-electron chi connectivity index (χ4n) is 3.49. The zero-order valence-electron chi connectivity index (χ0n) is 18.6. The molecule has 0 saturated carbocycles. The maximum absolute atomic E-state index is 12.4. The Morgan fingerprint density at radius 2 is 1.81 bits per heavy atom. The number of ether oxygens (including phenoxy) is 2. The van der Waals surface area contributed by atoms with Gasteiger partial charge in [-0.15, -0.1) is 0 Å². The van der Waals surface area contributed by atoms with Crippen LogP contribution in [0.5, 0.6) is 5.88 Å². The lowest BCUT2D eigenvalue weighted by Crippen LogP contribution is -2.58. The minimum absolute atomic E-state index is 0.219. The molecule has 1 aromatic carbocycles. The number of nitrogens with two attached hydrogens (primary N) is 1. The zero-order valence-corrected chi connectivity index (χ0v) is 18.6. The predicted molar refractivity (Wildman–Crippen MR) is 121 cm³/mol. The maximum Gasteiger partial charge on any atom is 0.410 e. The number of pyridine rings is 1. The van der Waals surface area contributed by atoms with Crippen LogP contribution >= 0.6 is 0 Å². The van der Waals surface area contributed by atoms with Crippen molar-refractivity contribution in [2.24, 2.45) is 0 Å². The van der Waals surface area contributed by atoms with E-state index in [2.05, 4.69) is 23.7 Å². The van der Waals surface area contributed by atoms with Crippen LogP contribution in [0.4, 0.5) is 10.5 Å². The number of hydrogen-bond acceptors (Lipinski definition) is 7. The van der Waals surface area contributed by atoms with Crippen molar-refractivity contribution in [1.29, 1.82) is 0 Å². The van der Waals surface area contributed by atoms with Gasteiger partial charge in [0.1, 0.15) is 13.2 Å². The van der Waals surface area contributed by atoms with Crippen molar-refractivity contribution in [2.45, 2.75) is 39.5 Å². The third kappa shape index (κ3) is 8.07. The number of nitrogens with zero attached hydrogens (tertiary/aromatic N) is 3. The molecule has 1 aliphatic rings. The van der Waals surface area contributed by atoms with Crippen molar-refractivity contribution < 1.29 is 19.4 Å². The van der Waals surface area contributed by atoms with Crippen molar-refractivity contribution in [2.75, 3.05) is 38.6 Å². The van der Waals surface area contributed by atoms with Crippen LogP contribution in [0.1, 0.15) is 26.3 Å². The molecule has 31 heavy (non-hydrogen) atoms. The van der Waals surface area contributed by atoms with E-state index in [0.717, 1.165) is 12.1 Å². The molecule has 8 heteroatoms. The Hall–Kier alpha value is -2.84. The molecule has 0 radical (unpaired) electrons. The number of aliphatic hydroxyl groups is 1. The highest BCUT2D eigenvalue weighted by molar-refractivity contribution is 5.68. The van der Waals surface area contributed by atoms with Crippen LogP contribution in [0.3, 0.4) is 0 Å². The molecule has 1 aliphatic heterocycles. The number of benzene rings is 1. The highest BCUT2D eigenvalue weighted by Crippen LogP contribution is 2.17. The lowest BCUT2D eigenvalue weighted by Gasteiger charge is -2.43. The fraction of sp³-hybridized carbons (Fsp3) is 0.478. The molecule has 1 saturated heterocycles. The lowest BCUT2D eigenvalue weighted by atomic mass is 10.1. The van der Waals surface area contributed by atoms with E-state index >= 15 is 0 Å². The third-order valence-electron chi connectivity index (χ3n) is 4.92. The fourth-order valence-corrected chi connectivity index (χ4v) is 3.49. The summed E-state index contributed by atoms with van der Waals surface area (Å²) in [6.07, 6.45) is 1.32. The topological polar surface area (TPSA) is 101 Å². The van der Waals surface area contributed by atoms with Crippen molar-refractivity contribution in [3.8, 4) is 5.88 Å². The Bertz CT molecular complexity index is 761. The molecule has 1 fully saturated rings. The summed E-state index contributed by atoms with van der Waals surface area (Å²) in [6, 6.07) is 13.7. The highest BCUT2D eigenvalue weighted by atomic mass is 16.6. The van der Waals surface area contributed by atoms with Gasteiger partial charge in [0, 0.05) is 44.4 Å². The normalized spacial score (nSPS) is 18.6. The second kappa shape index (κ2) is 12.8. The molecule has 2 atom stereocenters. The number of rotatable bonds is 6. The monoisotopic (exact) mass is 430 g/mol. The Labute approximate surface area is 184 Å². The average Bonchev–Trinajstić information content (AvgIpc) is 2.76. The number of hydrogen-bond donors (Lipinski definition) is 2. The Morgan fingerprint density at radius 1 is 1.16 bits per heavy atom. The molecule has 0 aliphatic carbocycles. The molecule has 3 N–H and O–H groups in total. The molecule has 2 aromatic rings. The molecular weight excluding hydrogens is 396 g/mol. The first kappa shape index (κ1) is 24.4. The van der Waals surface area contributed by atoms with E-state index in [-0.39, 0.29) is 24.8 Å². The molecule has 0 unspecified atom stereocenters. The van der Waals surface area contributed by atoms with E-state index in [9.17, 15) is 4.79 Å². The Morgan fingerprint density at radius 3 is 2.39 bits per heavy atom. The van der Waals surface area contributed by atoms with Gasteiger partial charge in [-0.25, -0.2) is 9.78 Å². The number of piperazine rings is 1. The molecule has 1 amide bonds. The molecule has 0 bridgehead atoms. The summed E-state index contributed by atoms with van der Waals surface area (Å²) in [5.74, 6) is 0.567. The molecule has 1 aromatic heterocycles. The second-order valence-corrected chi connectivity index (χ2v) is 7.48. The molecular formula is C23H34N4O4. The van der Waals surface area contributed by atoms with Crippen LogP contribution in [0.25, 0.3) is 0 Å². The van der Waals surface area contributed by atoms with Crippen molar-refractivity contribution in [3.05, 3.63) is 54.2 Å². The Kier molecular flexibility index (Phi) is 10.1. The van der Waals surface area contributed by atoms with Crippen molar-refractivity contribution >= 4 is 11.8 Å². The summed E-state index contributed by atoms with van der Waals surface area (Å²) in [6.45, 7) is 9.04. The first-order chi connectivity index (χ1) is 14.9. The number of nitrogen functional groups attached to an aromatic ring is 1. The van der Waals surface area contributed by atoms with Gasteiger partial charge in [-0.3, -0.25) is 4.90 Å². The van der Waals surface area contributed by atoms with E-state index in [4.69, 9.17) is 20.3 Å². The number of carbonyl (C=O) groups is 1. The van der Waals surface area contributed by atoms with Gasteiger partial charge in [0.25, 0.3) is 0 Å². The van der Waals surface area contributed by atoms with Gasteiger partial charge < -0.3 is 25.2 Å². The summed E-state index contributed by atoms with van der Waals surface area (Å²) >= 11 is 0. The predicted octanol–water partition coefficient (Wildman–Crippen LogP) is 2.77. The first-order valence-electron chi connectivity index (χ1n) is 10.6. The molecule has 8 nitrogen and oxygen atoms in total. The first-order valence-corrected chi connectivity index (χ1v) is 10.6. The summed E-state index contributed by atoms with van der Waals surface area (Å²) in [4.78, 5) is 20.7. The summed E-state index contributed by atoms with van der Waals surface area (Å²) < 4.78 is 11.2. The van der Waals surface area contributed by atoms with Gasteiger partial charge in [-0.1, -0.05) is 30.3 Å². The van der Waals surface area contributed by atoms with Gasteiger partial charge in [-0.2, -0.15) is 0 Å². The van der Waals surface area contributed by atoms with E-state index in [1.807, 2.05) is 30.3 Å². The van der Waals surface area contributed by atoms with Crippen LogP contribution in [-0.4, -0.2) is 70.9 Å². The minimum atomic E-state index is -0.260. The number of aliphatic hydroxyl groups excluding tert-OH is 1. The van der Waals surface area contributed by atoms with Gasteiger partial charge >= 0.3 is 6.09 Å². The van der Waals surface area contributed by atoms with E-state index in [1.165, 1.54) is 0 Å². The number of anilines is 1. The average molecular weight is 431 g/mol. The number of amides is 1. The van der Waals surface area contributed by atoms with Crippen LogP contribution in [0.2, 0.25) is 0 Å². The largest absolute Gasteiger partial charge is 0.476 e. The Balaban J connectivity index is 0.00000107. The van der Waals surface area contributed by atoms with E-state index in [1.54, 1.807) is 30.2 Å². The van der Waals surface area contributed by atoms with Gasteiger partial charge in [0.2, 0.25) is 5.88 Å². The van der Waals surface area contributed by atoms with Gasteiger partial charge in [0.15, 0.2) is 0 Å². The van der Waals surface area contributed by atoms with E-state index < -0.39 is 0 Å². The standard InChI is InChI=1S/C21H28N4O3.C2H6O/c1-16-13-24(21(26)28-15-18-6-4-3-5-7-18)14-17(2)25(16)10-11-27-20-9-8-19(22)12-23-20;1-2-3/h3-9,12,16-17H,10-11,13-15,22H2,1-2H3;3H,2H2,1H3/t16-,17+;. The second-order valence-electron chi connectivity index (χ2n) is 7.48. The number of aromatic nitrogens is 1. The van der Waals surface area contributed by atoms with Gasteiger partial charge in [0.05, 0.1) is 11.9 Å². The summed E-state index contributed by atoms with van der Waals surface area (Å²) in [7, 11) is 0. The van der Waals surface area contributed by atoms with Crippen molar-refractivity contribution in [1.82, 2.24) is 14.8 Å². The number of carbonyl (C=O) groups excluding carboxylic acids is 1. The third-order valence-corrected chi connectivity index (χ3v) is 4.92. The zero-order chi connectivity index (χ0) is 22.6. The van der Waals surface area contributed by atoms with Crippen LogP contribution in [0, 0.1) is 0 Å². The van der Waals surface area contributed by atoms with Crippen LogP contribution in [-0.2, 0) is 11.3 Å². The highest BCUT2D eigenvalue weighted by Gasteiger charge is 2.32. The molecule has 0 spiro atoms. The van der Waals surface area contributed by atoms with Gasteiger partial charge in [-0.05, 0) is 32.4 Å². The van der Waals surface area contributed by atoms with Crippen LogP contribution < -0.4 is 10.5 Å². The molecule has 3 rings (SSSR count). The summed E-state index contributed by atoms with van der Waals surface area (Å²) in [5.41, 5.74) is 7.24. The van der Waals surface area contributed by atoms with Crippen LogP contribution in [0.15, 0.2) is 48.7 Å². The molecule has 2 heterocycles. The van der Waals surface area contributed by atoms with E-state index in [0.29, 0.717) is 37.9 Å². The quantitative estimate of drug-likeness (QED) is 0.727. The lowest BCUT2D eigenvalue weighted by molar-refractivity contribution is 0.0191. The smallest absolute Gasteiger partial charge is 0.410 e. The molecule has 170 valence electrons. The maximum atomic E-state index is 12.4. The van der Waals surface area contributed by atoms with Crippen molar-refractivity contribution in [3.63, 3.8) is 0 Å². The summed E-state index contributed by atoms with van der Waals surface area (Å²) in [5, 5.41) is 7.57. The SMILES string of the molecule is CCO.C[C@@H]1CN(C(=O)OCc2ccccc2)C[C@H](C)N1CCOc1ccc(N)cn1. The minimum Gasteiger partial charge on any atom is -0.476 e.